The Morgan fingerprint density at radius 3 is 2.65 bits per heavy atom. The van der Waals surface area contributed by atoms with Crippen LogP contribution >= 0.6 is 11.6 Å². The van der Waals surface area contributed by atoms with E-state index in [-0.39, 0.29) is 22.8 Å². The van der Waals surface area contributed by atoms with Gasteiger partial charge in [-0.25, -0.2) is 13.6 Å². The van der Waals surface area contributed by atoms with Crippen LogP contribution in [0.4, 0.5) is 14.5 Å². The van der Waals surface area contributed by atoms with Gasteiger partial charge in [0, 0.05) is 12.3 Å². The molecule has 2 rings (SSSR count). The van der Waals surface area contributed by atoms with Crippen LogP contribution in [0.5, 0.6) is 0 Å². The Balaban J connectivity index is 2.11. The van der Waals surface area contributed by atoms with Gasteiger partial charge in [-0.15, -0.1) is 0 Å². The van der Waals surface area contributed by atoms with Crippen LogP contribution in [0.15, 0.2) is 30.5 Å². The second-order valence-electron chi connectivity index (χ2n) is 3.94. The summed E-state index contributed by atoms with van der Waals surface area (Å²) in [5, 5.41) is 11.3. The fourth-order valence-corrected chi connectivity index (χ4v) is 1.81. The molecule has 0 spiro atoms. The smallest absolute Gasteiger partial charge is 0.337 e. The first-order valence-corrected chi connectivity index (χ1v) is 5.92. The van der Waals surface area contributed by atoms with Crippen LogP contribution in [0.25, 0.3) is 0 Å². The summed E-state index contributed by atoms with van der Waals surface area (Å²) in [5.74, 6) is -2.65. The summed E-state index contributed by atoms with van der Waals surface area (Å²) < 4.78 is 26.4. The molecule has 2 aromatic rings. The quantitative estimate of drug-likeness (QED) is 0.909. The molecule has 20 heavy (non-hydrogen) atoms. The number of carboxylic acids is 1. The van der Waals surface area contributed by atoms with Gasteiger partial charge < -0.3 is 10.4 Å². The largest absolute Gasteiger partial charge is 0.478 e. The summed E-state index contributed by atoms with van der Waals surface area (Å²) >= 11 is 5.73. The molecule has 4 nitrogen and oxygen atoms in total. The first-order valence-electron chi connectivity index (χ1n) is 5.54. The monoisotopic (exact) mass is 298 g/mol. The highest BCUT2D eigenvalue weighted by molar-refractivity contribution is 6.33. The number of carboxylic acid groups (broad SMARTS) is 1. The average molecular weight is 299 g/mol. The van der Waals surface area contributed by atoms with E-state index in [0.717, 1.165) is 12.1 Å². The Bertz CT molecular complexity index is 624. The summed E-state index contributed by atoms with van der Waals surface area (Å²) in [7, 11) is 0. The Kier molecular flexibility index (Phi) is 4.14. The molecule has 0 radical (unpaired) electrons. The molecule has 0 atom stereocenters. The average Bonchev–Trinajstić information content (AvgIpc) is 2.38. The summed E-state index contributed by atoms with van der Waals surface area (Å²) in [6.45, 7) is 0.127. The van der Waals surface area contributed by atoms with Crippen molar-refractivity contribution in [2.45, 2.75) is 6.54 Å². The highest BCUT2D eigenvalue weighted by atomic mass is 35.5. The van der Waals surface area contributed by atoms with E-state index in [9.17, 15) is 13.6 Å². The number of pyridine rings is 1. The Hall–Kier alpha value is -2.21. The number of anilines is 1. The van der Waals surface area contributed by atoms with Gasteiger partial charge in [0.2, 0.25) is 0 Å². The van der Waals surface area contributed by atoms with Crippen LogP contribution in [0.1, 0.15) is 16.1 Å². The third-order valence-electron chi connectivity index (χ3n) is 2.52. The van der Waals surface area contributed by atoms with E-state index < -0.39 is 17.6 Å². The van der Waals surface area contributed by atoms with E-state index in [4.69, 9.17) is 16.7 Å². The molecule has 0 saturated carbocycles. The molecular weight excluding hydrogens is 290 g/mol. The molecule has 0 aliphatic carbocycles. The predicted molar refractivity (Wildman–Crippen MR) is 69.9 cm³/mol. The van der Waals surface area contributed by atoms with Crippen molar-refractivity contribution < 1.29 is 18.7 Å². The Morgan fingerprint density at radius 1 is 1.35 bits per heavy atom. The van der Waals surface area contributed by atoms with Crippen molar-refractivity contribution in [3.8, 4) is 0 Å². The number of hydrogen-bond donors (Lipinski definition) is 2. The highest BCUT2D eigenvalue weighted by Crippen LogP contribution is 2.26. The SMILES string of the molecule is O=C(O)c1ccc(CNc2c(F)cc(F)cc2Cl)nc1. The van der Waals surface area contributed by atoms with E-state index in [1.54, 1.807) is 0 Å². The number of halogens is 3. The molecule has 0 saturated heterocycles. The van der Waals surface area contributed by atoms with Crippen LogP contribution in [0.3, 0.4) is 0 Å². The number of nitrogens with zero attached hydrogens (tertiary/aromatic N) is 1. The fourth-order valence-electron chi connectivity index (χ4n) is 1.55. The van der Waals surface area contributed by atoms with Crippen molar-refractivity contribution >= 4 is 23.3 Å². The lowest BCUT2D eigenvalue weighted by Gasteiger charge is -2.09. The van der Waals surface area contributed by atoms with Crippen molar-refractivity contribution in [3.05, 3.63) is 58.4 Å². The molecule has 1 aromatic heterocycles. The van der Waals surface area contributed by atoms with E-state index in [1.165, 1.54) is 18.3 Å². The number of nitrogens with one attached hydrogen (secondary N) is 1. The third-order valence-corrected chi connectivity index (χ3v) is 2.82. The van der Waals surface area contributed by atoms with Crippen molar-refractivity contribution in [2.24, 2.45) is 0 Å². The maximum absolute atomic E-state index is 13.5. The number of aromatic nitrogens is 1. The maximum Gasteiger partial charge on any atom is 0.337 e. The molecule has 7 heteroatoms. The number of aromatic carboxylic acids is 1. The lowest BCUT2D eigenvalue weighted by atomic mass is 10.2. The van der Waals surface area contributed by atoms with Crippen LogP contribution in [0.2, 0.25) is 5.02 Å². The van der Waals surface area contributed by atoms with Gasteiger partial charge in [-0.3, -0.25) is 4.98 Å². The topological polar surface area (TPSA) is 62.2 Å². The molecule has 0 bridgehead atoms. The first kappa shape index (κ1) is 14.2. The van der Waals surface area contributed by atoms with Gasteiger partial charge in [0.1, 0.15) is 5.82 Å². The van der Waals surface area contributed by atoms with Crippen LogP contribution in [-0.4, -0.2) is 16.1 Å². The number of rotatable bonds is 4. The molecule has 0 fully saturated rings. The summed E-state index contributed by atoms with van der Waals surface area (Å²) in [4.78, 5) is 14.6. The van der Waals surface area contributed by atoms with E-state index in [2.05, 4.69) is 10.3 Å². The minimum absolute atomic E-state index is 0.0304. The fraction of sp³-hybridized carbons (Fsp3) is 0.0769. The molecular formula is C13H9ClF2N2O2. The summed E-state index contributed by atoms with van der Waals surface area (Å²) in [5.41, 5.74) is 0.520. The minimum atomic E-state index is -1.08. The summed E-state index contributed by atoms with van der Waals surface area (Å²) in [6, 6.07) is 4.59. The third kappa shape index (κ3) is 3.21. The predicted octanol–water partition coefficient (Wildman–Crippen LogP) is 3.32. The second kappa shape index (κ2) is 5.83. The van der Waals surface area contributed by atoms with E-state index in [1.807, 2.05) is 0 Å². The van der Waals surface area contributed by atoms with Gasteiger partial charge in [-0.1, -0.05) is 11.6 Å². The second-order valence-corrected chi connectivity index (χ2v) is 4.35. The van der Waals surface area contributed by atoms with Crippen molar-refractivity contribution in [3.63, 3.8) is 0 Å². The zero-order valence-electron chi connectivity index (χ0n) is 10.0. The van der Waals surface area contributed by atoms with Crippen LogP contribution in [-0.2, 0) is 6.54 Å². The van der Waals surface area contributed by atoms with E-state index >= 15 is 0 Å². The number of benzene rings is 1. The number of carbonyl (C=O) groups is 1. The minimum Gasteiger partial charge on any atom is -0.478 e. The first-order chi connectivity index (χ1) is 9.47. The van der Waals surface area contributed by atoms with Gasteiger partial charge in [-0.2, -0.15) is 0 Å². The van der Waals surface area contributed by atoms with Crippen molar-refractivity contribution in [1.82, 2.24) is 4.98 Å². The zero-order chi connectivity index (χ0) is 14.7. The van der Waals surface area contributed by atoms with Gasteiger partial charge in [0.05, 0.1) is 28.5 Å². The molecule has 2 N–H and O–H groups in total. The molecule has 0 aliphatic heterocycles. The molecule has 0 unspecified atom stereocenters. The van der Waals surface area contributed by atoms with E-state index in [0.29, 0.717) is 5.69 Å². The zero-order valence-corrected chi connectivity index (χ0v) is 10.8. The molecule has 0 aliphatic rings. The van der Waals surface area contributed by atoms with Gasteiger partial charge in [0.15, 0.2) is 5.82 Å². The maximum atomic E-state index is 13.5. The van der Waals surface area contributed by atoms with Gasteiger partial charge >= 0.3 is 5.97 Å². The normalized spacial score (nSPS) is 10.3. The standard InChI is InChI=1S/C13H9ClF2N2O2/c14-10-3-8(15)4-11(16)12(10)18-6-9-2-1-7(5-17-9)13(19)20/h1-5,18H,6H2,(H,19,20). The lowest BCUT2D eigenvalue weighted by molar-refractivity contribution is 0.0696. The summed E-state index contributed by atoms with van der Waals surface area (Å²) in [6.07, 6.45) is 1.20. The van der Waals surface area contributed by atoms with Crippen LogP contribution in [0, 0.1) is 11.6 Å². The molecule has 104 valence electrons. The lowest BCUT2D eigenvalue weighted by Crippen LogP contribution is -2.05. The Morgan fingerprint density at radius 2 is 2.10 bits per heavy atom. The van der Waals surface area contributed by atoms with Crippen molar-refractivity contribution in [2.75, 3.05) is 5.32 Å². The Labute approximate surface area is 118 Å². The number of hydrogen-bond acceptors (Lipinski definition) is 3. The highest BCUT2D eigenvalue weighted by Gasteiger charge is 2.10. The van der Waals surface area contributed by atoms with Gasteiger partial charge in [0.25, 0.3) is 0 Å². The van der Waals surface area contributed by atoms with Crippen LogP contribution < -0.4 is 5.32 Å². The molecule has 1 aromatic carbocycles. The molecule has 0 amide bonds. The van der Waals surface area contributed by atoms with Crippen molar-refractivity contribution in [1.29, 1.82) is 0 Å². The van der Waals surface area contributed by atoms with Gasteiger partial charge in [-0.05, 0) is 18.2 Å². The molecule has 1 heterocycles.